The molecule has 3 nitrogen and oxygen atoms in total. The number of ether oxygens (including phenoxy) is 1. The molecule has 1 aromatic carbocycles. The first-order chi connectivity index (χ1) is 7.54. The molecule has 0 radical (unpaired) electrons. The number of anilines is 1. The van der Waals surface area contributed by atoms with E-state index in [9.17, 15) is 4.79 Å². The Morgan fingerprint density at radius 2 is 2.00 bits per heavy atom. The Morgan fingerprint density at radius 3 is 2.50 bits per heavy atom. The van der Waals surface area contributed by atoms with E-state index in [1.165, 1.54) is 0 Å². The van der Waals surface area contributed by atoms with E-state index in [0.717, 1.165) is 4.47 Å². The van der Waals surface area contributed by atoms with Gasteiger partial charge >= 0.3 is 0 Å². The molecule has 0 atom stereocenters. The zero-order valence-corrected chi connectivity index (χ0v) is 11.6. The van der Waals surface area contributed by atoms with Gasteiger partial charge in [-0.25, -0.2) is 0 Å². The Kier molecular flexibility index (Phi) is 5.55. The zero-order chi connectivity index (χ0) is 12.1. The zero-order valence-electron chi connectivity index (χ0n) is 8.52. The number of carbonyl (C=O) groups excluding carboxylic acids is 1. The number of carbonyl (C=O) groups is 1. The average Bonchev–Trinajstić information content (AvgIpc) is 2.20. The first-order valence-corrected chi connectivity index (χ1v) is 6.11. The lowest BCUT2D eigenvalue weighted by molar-refractivity contribution is -0.120. The van der Waals surface area contributed by atoms with Crippen molar-refractivity contribution in [3.05, 3.63) is 26.7 Å². The molecule has 0 bridgehead atoms. The summed E-state index contributed by atoms with van der Waals surface area (Å²) in [6, 6.07) is 3.31. The van der Waals surface area contributed by atoms with Crippen LogP contribution in [0.2, 0.25) is 10.0 Å². The van der Waals surface area contributed by atoms with Crippen molar-refractivity contribution in [2.75, 3.05) is 18.5 Å². The largest absolute Gasteiger partial charge is 0.372 e. The quantitative estimate of drug-likeness (QED) is 0.915. The van der Waals surface area contributed by atoms with Crippen LogP contribution in [0.5, 0.6) is 0 Å². The van der Waals surface area contributed by atoms with E-state index in [0.29, 0.717) is 22.3 Å². The third-order valence-electron chi connectivity index (χ3n) is 1.71. The highest BCUT2D eigenvalue weighted by atomic mass is 79.9. The molecule has 0 saturated heterocycles. The molecule has 0 fully saturated rings. The number of halogens is 3. The molecule has 1 aromatic rings. The molecule has 0 unspecified atom stereocenters. The van der Waals surface area contributed by atoms with Crippen molar-refractivity contribution in [2.45, 2.75) is 6.92 Å². The summed E-state index contributed by atoms with van der Waals surface area (Å²) < 4.78 is 5.72. The molecule has 1 amide bonds. The van der Waals surface area contributed by atoms with Crippen LogP contribution in [0.15, 0.2) is 16.6 Å². The Morgan fingerprint density at radius 1 is 1.44 bits per heavy atom. The number of benzene rings is 1. The fraction of sp³-hybridized carbons (Fsp3) is 0.300. The van der Waals surface area contributed by atoms with Crippen LogP contribution in [0.4, 0.5) is 5.69 Å². The van der Waals surface area contributed by atoms with Gasteiger partial charge in [0.05, 0.1) is 15.7 Å². The average molecular weight is 327 g/mol. The normalized spacial score (nSPS) is 10.2. The Hall–Kier alpha value is -0.290. The lowest BCUT2D eigenvalue weighted by Crippen LogP contribution is -2.18. The third-order valence-corrected chi connectivity index (χ3v) is 2.76. The summed E-state index contributed by atoms with van der Waals surface area (Å²) >= 11 is 15.1. The minimum absolute atomic E-state index is 0.0147. The number of hydrogen-bond acceptors (Lipinski definition) is 2. The summed E-state index contributed by atoms with van der Waals surface area (Å²) in [5, 5.41) is 3.35. The molecule has 0 aromatic heterocycles. The second-order valence-electron chi connectivity index (χ2n) is 2.93. The smallest absolute Gasteiger partial charge is 0.250 e. The number of amides is 1. The molecule has 6 heteroatoms. The van der Waals surface area contributed by atoms with E-state index in [1.807, 2.05) is 6.92 Å². The number of nitrogens with one attached hydrogen (secondary N) is 1. The monoisotopic (exact) mass is 325 g/mol. The minimum Gasteiger partial charge on any atom is -0.372 e. The SMILES string of the molecule is CCOCC(=O)Nc1c(Cl)cc(Br)cc1Cl. The molecule has 16 heavy (non-hydrogen) atoms. The fourth-order valence-electron chi connectivity index (χ4n) is 1.03. The highest BCUT2D eigenvalue weighted by molar-refractivity contribution is 9.10. The second kappa shape index (κ2) is 6.45. The molecule has 88 valence electrons. The summed E-state index contributed by atoms with van der Waals surface area (Å²) in [6.07, 6.45) is 0. The van der Waals surface area contributed by atoms with Crippen LogP contribution < -0.4 is 5.32 Å². The number of rotatable bonds is 4. The maximum atomic E-state index is 11.4. The first kappa shape index (κ1) is 13.8. The van der Waals surface area contributed by atoms with Gasteiger partial charge in [0, 0.05) is 11.1 Å². The standard InChI is InChI=1S/C10H10BrCl2NO2/c1-2-16-5-9(15)14-10-7(12)3-6(11)4-8(10)13/h3-4H,2,5H2,1H3,(H,14,15). The summed E-state index contributed by atoms with van der Waals surface area (Å²) in [7, 11) is 0. The Balaban J connectivity index is 2.77. The highest BCUT2D eigenvalue weighted by Crippen LogP contribution is 2.33. The van der Waals surface area contributed by atoms with Gasteiger partial charge in [0.2, 0.25) is 5.91 Å². The van der Waals surface area contributed by atoms with Gasteiger partial charge in [-0.15, -0.1) is 0 Å². The van der Waals surface area contributed by atoms with Crippen molar-refractivity contribution in [1.29, 1.82) is 0 Å². The van der Waals surface area contributed by atoms with Crippen LogP contribution in [-0.2, 0) is 9.53 Å². The predicted octanol–water partition coefficient (Wildman–Crippen LogP) is 3.73. The van der Waals surface area contributed by atoms with Gasteiger partial charge < -0.3 is 10.1 Å². The van der Waals surface area contributed by atoms with Crippen molar-refractivity contribution >= 4 is 50.7 Å². The van der Waals surface area contributed by atoms with E-state index >= 15 is 0 Å². The van der Waals surface area contributed by atoms with Crippen molar-refractivity contribution < 1.29 is 9.53 Å². The van der Waals surface area contributed by atoms with Crippen molar-refractivity contribution in [1.82, 2.24) is 0 Å². The lowest BCUT2D eigenvalue weighted by atomic mass is 10.3. The van der Waals surface area contributed by atoms with E-state index in [-0.39, 0.29) is 12.5 Å². The summed E-state index contributed by atoms with van der Waals surface area (Å²) in [6.45, 7) is 2.28. The van der Waals surface area contributed by atoms with Crippen LogP contribution in [0.25, 0.3) is 0 Å². The van der Waals surface area contributed by atoms with Crippen LogP contribution >= 0.6 is 39.1 Å². The predicted molar refractivity (Wildman–Crippen MR) is 69.3 cm³/mol. The summed E-state index contributed by atoms with van der Waals surface area (Å²) in [4.78, 5) is 11.4. The van der Waals surface area contributed by atoms with Crippen molar-refractivity contribution in [3.8, 4) is 0 Å². The van der Waals surface area contributed by atoms with E-state index in [2.05, 4.69) is 21.2 Å². The first-order valence-electron chi connectivity index (χ1n) is 4.56. The second-order valence-corrected chi connectivity index (χ2v) is 4.66. The van der Waals surface area contributed by atoms with Crippen LogP contribution in [0.1, 0.15) is 6.92 Å². The Bertz CT molecular complexity index is 375. The molecule has 1 N–H and O–H groups in total. The molecule has 0 aliphatic heterocycles. The minimum atomic E-state index is -0.284. The van der Waals surface area contributed by atoms with Gasteiger partial charge in [0.15, 0.2) is 0 Å². The van der Waals surface area contributed by atoms with Gasteiger partial charge in [-0.3, -0.25) is 4.79 Å². The lowest BCUT2D eigenvalue weighted by Gasteiger charge is -2.09. The van der Waals surface area contributed by atoms with Gasteiger partial charge in [-0.1, -0.05) is 39.1 Å². The van der Waals surface area contributed by atoms with Gasteiger partial charge in [0.25, 0.3) is 0 Å². The van der Waals surface area contributed by atoms with Crippen LogP contribution in [0.3, 0.4) is 0 Å². The molecule has 0 aliphatic carbocycles. The van der Waals surface area contributed by atoms with E-state index in [4.69, 9.17) is 27.9 Å². The van der Waals surface area contributed by atoms with Gasteiger partial charge in [-0.05, 0) is 19.1 Å². The molecular weight excluding hydrogens is 317 g/mol. The fourth-order valence-corrected chi connectivity index (χ4v) is 2.33. The van der Waals surface area contributed by atoms with Crippen LogP contribution in [-0.4, -0.2) is 19.1 Å². The van der Waals surface area contributed by atoms with E-state index < -0.39 is 0 Å². The van der Waals surface area contributed by atoms with Gasteiger partial charge in [-0.2, -0.15) is 0 Å². The molecule has 0 spiro atoms. The molecule has 0 heterocycles. The number of hydrogen-bond donors (Lipinski definition) is 1. The Labute approximate surface area is 112 Å². The maximum absolute atomic E-state index is 11.4. The van der Waals surface area contributed by atoms with Crippen molar-refractivity contribution in [3.63, 3.8) is 0 Å². The van der Waals surface area contributed by atoms with Crippen LogP contribution in [0, 0.1) is 0 Å². The maximum Gasteiger partial charge on any atom is 0.250 e. The topological polar surface area (TPSA) is 38.3 Å². The highest BCUT2D eigenvalue weighted by Gasteiger charge is 2.10. The van der Waals surface area contributed by atoms with E-state index in [1.54, 1.807) is 12.1 Å². The molecular formula is C10H10BrCl2NO2. The molecule has 0 aliphatic rings. The molecule has 0 saturated carbocycles. The van der Waals surface area contributed by atoms with Gasteiger partial charge in [0.1, 0.15) is 6.61 Å². The summed E-state index contributed by atoms with van der Waals surface area (Å²) in [5.74, 6) is -0.284. The summed E-state index contributed by atoms with van der Waals surface area (Å²) in [5.41, 5.74) is 0.399. The molecule has 1 rings (SSSR count). The van der Waals surface area contributed by atoms with Crippen molar-refractivity contribution in [2.24, 2.45) is 0 Å². The third kappa shape index (κ3) is 3.94.